The van der Waals surface area contributed by atoms with Gasteiger partial charge in [0.05, 0.1) is 16.6 Å². The van der Waals surface area contributed by atoms with Gasteiger partial charge in [0.15, 0.2) is 5.16 Å². The van der Waals surface area contributed by atoms with Crippen molar-refractivity contribution in [3.05, 3.63) is 63.9 Å². The molecule has 124 valence electrons. The second-order valence-electron chi connectivity index (χ2n) is 5.66. The van der Waals surface area contributed by atoms with Crippen LogP contribution in [0.25, 0.3) is 16.6 Å². The molecule has 3 aromatic rings. The summed E-state index contributed by atoms with van der Waals surface area (Å²) < 4.78 is 1.75. The van der Waals surface area contributed by atoms with Crippen LogP contribution in [0.2, 0.25) is 0 Å². The smallest absolute Gasteiger partial charge is 0.266 e. The minimum atomic E-state index is -0.00416. The fourth-order valence-electron chi connectivity index (χ4n) is 2.52. The number of hydrogen-bond acceptors (Lipinski definition) is 4. The average molecular weight is 357 g/mol. The normalized spacial score (nSPS) is 11.1. The lowest BCUT2D eigenvalue weighted by molar-refractivity contribution is 0.819. The Morgan fingerprint density at radius 2 is 1.83 bits per heavy atom. The van der Waals surface area contributed by atoms with Gasteiger partial charge in [0, 0.05) is 11.5 Å². The molecule has 0 aliphatic carbocycles. The molecule has 2 aromatic carbocycles. The van der Waals surface area contributed by atoms with Crippen molar-refractivity contribution >= 4 is 34.4 Å². The largest absolute Gasteiger partial charge is 0.268 e. The van der Waals surface area contributed by atoms with Gasteiger partial charge in [-0.2, -0.15) is 11.8 Å². The van der Waals surface area contributed by atoms with E-state index in [1.165, 1.54) is 11.1 Å². The molecule has 0 saturated heterocycles. The number of benzene rings is 2. The maximum Gasteiger partial charge on any atom is 0.266 e. The Hall–Kier alpha value is -1.72. The van der Waals surface area contributed by atoms with Crippen LogP contribution in [-0.4, -0.2) is 27.3 Å². The topological polar surface area (TPSA) is 34.9 Å². The van der Waals surface area contributed by atoms with Crippen LogP contribution in [0.4, 0.5) is 0 Å². The van der Waals surface area contributed by atoms with E-state index in [0.717, 1.165) is 27.9 Å². The Morgan fingerprint density at radius 3 is 2.58 bits per heavy atom. The van der Waals surface area contributed by atoms with Crippen molar-refractivity contribution in [2.24, 2.45) is 0 Å². The molecular formula is C19H20N2OS2. The molecular weight excluding hydrogens is 336 g/mol. The predicted octanol–water partition coefficient (Wildman–Crippen LogP) is 4.46. The number of thioether (sulfide) groups is 2. The number of aromatic nitrogens is 2. The number of fused-ring (bicyclic) bond motifs is 1. The SMILES string of the molecule is CSCCSc1nc2ccccc2c(=O)n1-c1ccc(C)c(C)c1. The highest BCUT2D eigenvalue weighted by atomic mass is 32.2. The van der Waals surface area contributed by atoms with Crippen molar-refractivity contribution in [2.45, 2.75) is 19.0 Å². The van der Waals surface area contributed by atoms with E-state index in [1.807, 2.05) is 30.3 Å². The third kappa shape index (κ3) is 3.37. The van der Waals surface area contributed by atoms with Gasteiger partial charge in [-0.25, -0.2) is 4.98 Å². The van der Waals surface area contributed by atoms with Crippen LogP contribution < -0.4 is 5.56 Å². The maximum absolute atomic E-state index is 13.1. The fourth-order valence-corrected chi connectivity index (χ4v) is 4.18. The number of nitrogens with zero attached hydrogens (tertiary/aromatic N) is 2. The van der Waals surface area contributed by atoms with Gasteiger partial charge in [0.1, 0.15) is 0 Å². The lowest BCUT2D eigenvalue weighted by atomic mass is 10.1. The summed E-state index contributed by atoms with van der Waals surface area (Å²) in [6.07, 6.45) is 2.09. The summed E-state index contributed by atoms with van der Waals surface area (Å²) in [5.41, 5.74) is 4.03. The minimum Gasteiger partial charge on any atom is -0.268 e. The molecule has 0 radical (unpaired) electrons. The Labute approximate surface area is 150 Å². The molecule has 0 bridgehead atoms. The zero-order valence-corrected chi connectivity index (χ0v) is 15.7. The number of hydrogen-bond donors (Lipinski definition) is 0. The maximum atomic E-state index is 13.1. The van der Waals surface area contributed by atoms with Crippen molar-refractivity contribution in [3.63, 3.8) is 0 Å². The van der Waals surface area contributed by atoms with Gasteiger partial charge in [-0.05, 0) is 55.5 Å². The van der Waals surface area contributed by atoms with Crippen LogP contribution in [-0.2, 0) is 0 Å². The standard InChI is InChI=1S/C19H20N2OS2/c1-13-8-9-15(12-14(13)2)21-18(22)16-6-4-5-7-17(16)20-19(21)24-11-10-23-3/h4-9,12H,10-11H2,1-3H3. The van der Waals surface area contributed by atoms with E-state index in [-0.39, 0.29) is 5.56 Å². The van der Waals surface area contributed by atoms with Gasteiger partial charge in [0.2, 0.25) is 0 Å². The molecule has 0 spiro atoms. The van der Waals surface area contributed by atoms with Crippen LogP contribution in [0, 0.1) is 13.8 Å². The fraction of sp³-hybridized carbons (Fsp3) is 0.263. The second kappa shape index (κ2) is 7.45. The molecule has 3 nitrogen and oxygen atoms in total. The highest BCUT2D eigenvalue weighted by molar-refractivity contribution is 8.02. The number of rotatable bonds is 5. The predicted molar refractivity (Wildman–Crippen MR) is 106 cm³/mol. The van der Waals surface area contributed by atoms with E-state index in [4.69, 9.17) is 4.98 Å². The van der Waals surface area contributed by atoms with Gasteiger partial charge < -0.3 is 0 Å². The Balaban J connectivity index is 2.22. The van der Waals surface area contributed by atoms with E-state index in [9.17, 15) is 4.79 Å². The first-order valence-corrected chi connectivity index (χ1v) is 10.2. The highest BCUT2D eigenvalue weighted by Gasteiger charge is 2.13. The summed E-state index contributed by atoms with van der Waals surface area (Å²) in [5.74, 6) is 1.96. The zero-order valence-electron chi connectivity index (χ0n) is 14.1. The van der Waals surface area contributed by atoms with E-state index >= 15 is 0 Å². The lowest BCUT2D eigenvalue weighted by Crippen LogP contribution is -2.22. The molecule has 0 atom stereocenters. The molecule has 0 aliphatic rings. The first-order valence-electron chi connectivity index (χ1n) is 7.83. The van der Waals surface area contributed by atoms with E-state index in [2.05, 4.69) is 32.2 Å². The first kappa shape index (κ1) is 17.1. The Morgan fingerprint density at radius 1 is 1.04 bits per heavy atom. The Bertz CT molecular complexity index is 934. The summed E-state index contributed by atoms with van der Waals surface area (Å²) in [4.78, 5) is 17.8. The Kier molecular flexibility index (Phi) is 5.31. The summed E-state index contributed by atoms with van der Waals surface area (Å²) in [7, 11) is 0. The molecule has 0 saturated carbocycles. The van der Waals surface area contributed by atoms with E-state index in [1.54, 1.807) is 28.1 Å². The molecule has 1 heterocycles. The van der Waals surface area contributed by atoms with E-state index < -0.39 is 0 Å². The molecule has 0 aliphatic heterocycles. The molecule has 0 fully saturated rings. The van der Waals surface area contributed by atoms with Crippen molar-refractivity contribution in [3.8, 4) is 5.69 Å². The molecule has 5 heteroatoms. The van der Waals surface area contributed by atoms with E-state index in [0.29, 0.717) is 5.39 Å². The second-order valence-corrected chi connectivity index (χ2v) is 7.71. The van der Waals surface area contributed by atoms with Gasteiger partial charge in [-0.1, -0.05) is 30.0 Å². The number of para-hydroxylation sites is 1. The van der Waals surface area contributed by atoms with Crippen LogP contribution >= 0.6 is 23.5 Å². The first-order chi connectivity index (χ1) is 11.6. The third-order valence-electron chi connectivity index (χ3n) is 4.01. The van der Waals surface area contributed by atoms with Gasteiger partial charge in [-0.3, -0.25) is 9.36 Å². The molecule has 24 heavy (non-hydrogen) atoms. The van der Waals surface area contributed by atoms with Crippen molar-refractivity contribution in [1.29, 1.82) is 0 Å². The van der Waals surface area contributed by atoms with Crippen molar-refractivity contribution in [2.75, 3.05) is 17.8 Å². The molecule has 1 aromatic heterocycles. The monoisotopic (exact) mass is 356 g/mol. The third-order valence-corrected chi connectivity index (χ3v) is 5.82. The summed E-state index contributed by atoms with van der Waals surface area (Å²) in [6, 6.07) is 13.7. The van der Waals surface area contributed by atoms with Gasteiger partial charge >= 0.3 is 0 Å². The average Bonchev–Trinajstić information content (AvgIpc) is 2.58. The zero-order chi connectivity index (χ0) is 17.1. The lowest BCUT2D eigenvalue weighted by Gasteiger charge is -2.14. The van der Waals surface area contributed by atoms with Crippen molar-refractivity contribution in [1.82, 2.24) is 9.55 Å². The number of aryl methyl sites for hydroxylation is 2. The molecule has 0 N–H and O–H groups in total. The molecule has 0 unspecified atom stereocenters. The molecule has 3 rings (SSSR count). The quantitative estimate of drug-likeness (QED) is 0.384. The summed E-state index contributed by atoms with van der Waals surface area (Å²) in [6.45, 7) is 4.15. The van der Waals surface area contributed by atoms with Crippen molar-refractivity contribution < 1.29 is 0 Å². The van der Waals surface area contributed by atoms with Crippen LogP contribution in [0.15, 0.2) is 52.4 Å². The highest BCUT2D eigenvalue weighted by Crippen LogP contribution is 2.23. The van der Waals surface area contributed by atoms with Crippen LogP contribution in [0.3, 0.4) is 0 Å². The summed E-state index contributed by atoms with van der Waals surface area (Å²) in [5, 5.41) is 1.42. The summed E-state index contributed by atoms with van der Waals surface area (Å²) >= 11 is 3.44. The molecule has 0 amide bonds. The van der Waals surface area contributed by atoms with Crippen LogP contribution in [0.5, 0.6) is 0 Å². The van der Waals surface area contributed by atoms with Gasteiger partial charge in [-0.15, -0.1) is 0 Å². The minimum absolute atomic E-state index is 0.00416. The van der Waals surface area contributed by atoms with Gasteiger partial charge in [0.25, 0.3) is 5.56 Å². The van der Waals surface area contributed by atoms with Crippen LogP contribution in [0.1, 0.15) is 11.1 Å².